The Morgan fingerprint density at radius 3 is 2.38 bits per heavy atom. The summed E-state index contributed by atoms with van der Waals surface area (Å²) in [5.74, 6) is 0. The van der Waals surface area contributed by atoms with Gasteiger partial charge in [-0.2, -0.15) is 0 Å². The number of carbonyl (C=O) groups excluding carboxylic acids is 1. The highest BCUT2D eigenvalue weighted by Gasteiger charge is 2.10. The van der Waals surface area contributed by atoms with Gasteiger partial charge in [0.15, 0.2) is 0 Å². The number of nitrogens with one attached hydrogen (secondary N) is 1. The molecule has 1 aromatic rings. The van der Waals surface area contributed by atoms with Crippen LogP contribution in [0.5, 0.6) is 0 Å². The number of amides is 1. The Balaban J connectivity index is 2.89. The van der Waals surface area contributed by atoms with Gasteiger partial charge in [-0.3, -0.25) is 15.4 Å². The van der Waals surface area contributed by atoms with E-state index in [9.17, 15) is 10.0 Å². The van der Waals surface area contributed by atoms with Crippen molar-refractivity contribution in [2.24, 2.45) is 10.7 Å². The second kappa shape index (κ2) is 12.0. The molecule has 1 aromatic carbocycles. The van der Waals surface area contributed by atoms with Gasteiger partial charge >= 0.3 is 0 Å². The smallest absolute Gasteiger partial charge is 0.233 e. The molecule has 0 bridgehead atoms. The van der Waals surface area contributed by atoms with Crippen molar-refractivity contribution in [1.82, 2.24) is 10.6 Å². The van der Waals surface area contributed by atoms with Gasteiger partial charge in [0.1, 0.15) is 0 Å². The average Bonchev–Trinajstić information content (AvgIpc) is 2.67. The van der Waals surface area contributed by atoms with Gasteiger partial charge in [-0.1, -0.05) is 36.4 Å². The van der Waals surface area contributed by atoms with Crippen LogP contribution in [-0.2, 0) is 11.2 Å². The van der Waals surface area contributed by atoms with Crippen LogP contribution in [0.1, 0.15) is 33.3 Å². The molecule has 156 valence electrons. The highest BCUT2D eigenvalue weighted by molar-refractivity contribution is 6.30. The number of allylic oxidation sites excluding steroid dienone is 6. The molecule has 0 aliphatic rings. The molecule has 0 saturated heterocycles. The van der Waals surface area contributed by atoms with Crippen LogP contribution in [0.3, 0.4) is 0 Å². The van der Waals surface area contributed by atoms with E-state index in [4.69, 9.17) is 17.3 Å². The molecule has 4 N–H and O–H groups in total. The lowest BCUT2D eigenvalue weighted by Crippen LogP contribution is -2.37. The van der Waals surface area contributed by atoms with Crippen molar-refractivity contribution < 1.29 is 10.0 Å². The number of hydrogen-bond donors (Lipinski definition) is 3. The lowest BCUT2D eigenvalue weighted by Gasteiger charge is -2.22. The zero-order chi connectivity index (χ0) is 22.0. The highest BCUT2D eigenvalue weighted by Crippen LogP contribution is 2.16. The van der Waals surface area contributed by atoms with Crippen molar-refractivity contribution in [3.05, 3.63) is 81.7 Å². The van der Waals surface area contributed by atoms with Gasteiger partial charge in [-0.25, -0.2) is 4.99 Å². The SMILES string of the molecule is C=C(C)C(\C=C/C(C)=C(C)\C(NN(O)CCc1ccc(Cl)cc1)=C(\C)N)=NC=O. The van der Waals surface area contributed by atoms with E-state index >= 15 is 0 Å². The summed E-state index contributed by atoms with van der Waals surface area (Å²) in [7, 11) is 0. The third-order valence-electron chi connectivity index (χ3n) is 4.25. The van der Waals surface area contributed by atoms with Crippen LogP contribution in [-0.4, -0.2) is 29.0 Å². The molecule has 1 rings (SSSR count). The minimum Gasteiger partial charge on any atom is -0.401 e. The number of hydrazine groups is 1. The fourth-order valence-corrected chi connectivity index (χ4v) is 2.54. The van der Waals surface area contributed by atoms with Gasteiger partial charge in [-0.15, -0.1) is 5.17 Å². The fraction of sp³-hybridized carbons (Fsp3) is 0.273. The van der Waals surface area contributed by atoms with Crippen LogP contribution >= 0.6 is 11.6 Å². The predicted octanol–water partition coefficient (Wildman–Crippen LogP) is 4.33. The number of hydrogen-bond acceptors (Lipinski definition) is 5. The summed E-state index contributed by atoms with van der Waals surface area (Å²) in [5, 5.41) is 12.0. The summed E-state index contributed by atoms with van der Waals surface area (Å²) in [6.45, 7) is 11.5. The van der Waals surface area contributed by atoms with E-state index in [1.54, 1.807) is 19.9 Å². The molecule has 7 heteroatoms. The molecule has 1 amide bonds. The van der Waals surface area contributed by atoms with Gasteiger partial charge in [0, 0.05) is 17.3 Å². The lowest BCUT2D eigenvalue weighted by molar-refractivity contribution is -0.126. The van der Waals surface area contributed by atoms with Crippen LogP contribution in [0, 0.1) is 0 Å². The zero-order valence-electron chi connectivity index (χ0n) is 17.4. The van der Waals surface area contributed by atoms with Crippen molar-refractivity contribution >= 4 is 23.7 Å². The van der Waals surface area contributed by atoms with Gasteiger partial charge in [0.2, 0.25) is 6.41 Å². The molecule has 0 radical (unpaired) electrons. The molecule has 0 saturated carbocycles. The third kappa shape index (κ3) is 8.48. The van der Waals surface area contributed by atoms with E-state index in [2.05, 4.69) is 17.0 Å². The number of nitrogens with two attached hydrogens (primary N) is 1. The minimum atomic E-state index is 0.354. The molecule has 0 unspecified atom stereocenters. The topological polar surface area (TPSA) is 90.9 Å². The van der Waals surface area contributed by atoms with E-state index in [1.807, 2.05) is 44.2 Å². The van der Waals surface area contributed by atoms with Crippen molar-refractivity contribution in [3.63, 3.8) is 0 Å². The van der Waals surface area contributed by atoms with E-state index < -0.39 is 0 Å². The van der Waals surface area contributed by atoms with Crippen LogP contribution in [0.15, 0.2) is 76.1 Å². The number of carbonyl (C=O) groups is 1. The van der Waals surface area contributed by atoms with Crippen LogP contribution in [0.25, 0.3) is 0 Å². The largest absolute Gasteiger partial charge is 0.401 e. The molecule has 29 heavy (non-hydrogen) atoms. The first kappa shape index (κ1) is 24.4. The fourth-order valence-electron chi connectivity index (χ4n) is 2.42. The molecule has 0 heterocycles. The molecule has 0 atom stereocenters. The minimum absolute atomic E-state index is 0.354. The normalized spacial score (nSPS) is 14.0. The number of rotatable bonds is 10. The van der Waals surface area contributed by atoms with E-state index in [-0.39, 0.29) is 0 Å². The Kier molecular flexibility index (Phi) is 10.1. The van der Waals surface area contributed by atoms with Crippen molar-refractivity contribution in [1.29, 1.82) is 0 Å². The number of aliphatic imine (C=N–C) groups is 1. The molecule has 0 aliphatic heterocycles. The van der Waals surface area contributed by atoms with Crippen LogP contribution < -0.4 is 11.2 Å². The Morgan fingerprint density at radius 2 is 1.86 bits per heavy atom. The number of nitrogens with zero attached hydrogens (tertiary/aromatic N) is 2. The summed E-state index contributed by atoms with van der Waals surface area (Å²) in [6.07, 6.45) is 4.66. The number of halogens is 1. The van der Waals surface area contributed by atoms with Gasteiger partial charge in [-0.05, 0) is 74.6 Å². The Morgan fingerprint density at radius 1 is 1.24 bits per heavy atom. The summed E-state index contributed by atoms with van der Waals surface area (Å²) < 4.78 is 0. The second-order valence-electron chi connectivity index (χ2n) is 6.71. The summed E-state index contributed by atoms with van der Waals surface area (Å²) >= 11 is 5.89. The Bertz CT molecular complexity index is 848. The van der Waals surface area contributed by atoms with Crippen molar-refractivity contribution in [2.75, 3.05) is 6.54 Å². The lowest BCUT2D eigenvalue weighted by atomic mass is 10.1. The maximum atomic E-state index is 10.6. The first-order valence-electron chi connectivity index (χ1n) is 9.12. The predicted molar refractivity (Wildman–Crippen MR) is 119 cm³/mol. The molecule has 6 nitrogen and oxygen atoms in total. The number of benzene rings is 1. The van der Waals surface area contributed by atoms with Gasteiger partial charge in [0.25, 0.3) is 0 Å². The van der Waals surface area contributed by atoms with E-state index in [0.717, 1.165) is 21.9 Å². The monoisotopic (exact) mass is 416 g/mol. The van der Waals surface area contributed by atoms with Crippen molar-refractivity contribution in [3.8, 4) is 0 Å². The Hall–Kier alpha value is -2.67. The van der Waals surface area contributed by atoms with E-state index in [0.29, 0.717) is 47.1 Å². The third-order valence-corrected chi connectivity index (χ3v) is 4.50. The summed E-state index contributed by atoms with van der Waals surface area (Å²) in [6, 6.07) is 7.47. The standard InChI is InChI=1S/C22H29ClN4O2/c1-15(2)21(25-14-28)11-6-16(3)17(4)22(18(5)24)26-27(29)13-12-19-7-9-20(23)10-8-19/h6-11,14,26,29H,1,12-13,24H2,2-5H3/b11-6-,17-16-,22-18+,25-21?. The molecular weight excluding hydrogens is 388 g/mol. The first-order valence-corrected chi connectivity index (χ1v) is 9.50. The average molecular weight is 417 g/mol. The molecule has 0 fully saturated rings. The highest BCUT2D eigenvalue weighted by atomic mass is 35.5. The summed E-state index contributed by atoms with van der Waals surface area (Å²) in [5.41, 5.74) is 14.1. The van der Waals surface area contributed by atoms with Crippen LogP contribution in [0.4, 0.5) is 0 Å². The maximum absolute atomic E-state index is 10.6. The maximum Gasteiger partial charge on any atom is 0.233 e. The molecule has 0 aliphatic carbocycles. The molecule has 0 spiro atoms. The molecular formula is C22H29ClN4O2. The quantitative estimate of drug-likeness (QED) is 0.228. The van der Waals surface area contributed by atoms with E-state index in [1.165, 1.54) is 0 Å². The molecule has 0 aromatic heterocycles. The van der Waals surface area contributed by atoms with Crippen molar-refractivity contribution in [2.45, 2.75) is 34.1 Å². The Labute approximate surface area is 177 Å². The number of hydroxylamine groups is 1. The first-order chi connectivity index (χ1) is 13.6. The second-order valence-corrected chi connectivity index (χ2v) is 7.15. The van der Waals surface area contributed by atoms with Gasteiger partial charge < -0.3 is 5.73 Å². The zero-order valence-corrected chi connectivity index (χ0v) is 18.1. The summed E-state index contributed by atoms with van der Waals surface area (Å²) in [4.78, 5) is 14.4. The van der Waals surface area contributed by atoms with Crippen LogP contribution in [0.2, 0.25) is 5.02 Å². The van der Waals surface area contributed by atoms with Gasteiger partial charge in [0.05, 0.1) is 11.4 Å².